The molecule has 0 bridgehead atoms. The number of carbonyl (C=O) groups is 1. The molecule has 1 atom stereocenters. The topological polar surface area (TPSA) is 44.1 Å². The molecule has 0 unspecified atom stereocenters. The van der Waals surface area contributed by atoms with Crippen LogP contribution in [0.2, 0.25) is 0 Å². The summed E-state index contributed by atoms with van der Waals surface area (Å²) in [5.41, 5.74) is 2.94. The fourth-order valence-electron chi connectivity index (χ4n) is 3.40. The second kappa shape index (κ2) is 7.90. The van der Waals surface area contributed by atoms with E-state index in [0.29, 0.717) is 17.8 Å². The number of hydrogen-bond donors (Lipinski definition) is 0. The van der Waals surface area contributed by atoms with Crippen molar-refractivity contribution in [1.82, 2.24) is 4.90 Å². The zero-order chi connectivity index (χ0) is 16.8. The van der Waals surface area contributed by atoms with E-state index in [1.54, 1.807) is 0 Å². The van der Waals surface area contributed by atoms with E-state index in [-0.39, 0.29) is 5.92 Å². The van der Waals surface area contributed by atoms with Crippen molar-refractivity contribution in [3.8, 4) is 6.07 Å². The third-order valence-electron chi connectivity index (χ3n) is 4.64. The van der Waals surface area contributed by atoms with Crippen molar-refractivity contribution in [2.24, 2.45) is 5.92 Å². The first-order valence-corrected chi connectivity index (χ1v) is 8.52. The Labute approximate surface area is 143 Å². The Balaban J connectivity index is 1.59. The van der Waals surface area contributed by atoms with Gasteiger partial charge in [-0.25, -0.2) is 0 Å². The molecule has 24 heavy (non-hydrogen) atoms. The molecule has 1 aliphatic heterocycles. The zero-order valence-corrected chi connectivity index (χ0v) is 13.8. The highest BCUT2D eigenvalue weighted by Crippen LogP contribution is 2.21. The highest BCUT2D eigenvalue weighted by Gasteiger charge is 2.25. The van der Waals surface area contributed by atoms with E-state index in [0.717, 1.165) is 43.6 Å². The first-order valence-electron chi connectivity index (χ1n) is 8.52. The predicted octanol–water partition coefficient (Wildman–Crippen LogP) is 3.58. The van der Waals surface area contributed by atoms with Gasteiger partial charge in [-0.05, 0) is 42.6 Å². The predicted molar refractivity (Wildman–Crippen MR) is 94.3 cm³/mol. The number of carbonyl (C=O) groups excluding carboxylic acids is 1. The number of likely N-dealkylation sites (tertiary alicyclic amines) is 1. The van der Waals surface area contributed by atoms with E-state index in [1.807, 2.05) is 48.5 Å². The van der Waals surface area contributed by atoms with Crippen molar-refractivity contribution in [3.05, 3.63) is 71.3 Å². The van der Waals surface area contributed by atoms with Gasteiger partial charge in [0.1, 0.15) is 5.78 Å². The van der Waals surface area contributed by atoms with E-state index in [2.05, 4.69) is 17.0 Å². The van der Waals surface area contributed by atoms with Crippen LogP contribution < -0.4 is 0 Å². The summed E-state index contributed by atoms with van der Waals surface area (Å²) in [5.74, 6) is 0.467. The summed E-state index contributed by atoms with van der Waals surface area (Å²) in [6.07, 6.45) is 2.58. The number of hydrogen-bond acceptors (Lipinski definition) is 3. The lowest BCUT2D eigenvalue weighted by molar-refractivity contribution is -0.123. The summed E-state index contributed by atoms with van der Waals surface area (Å²) in [6.45, 7) is 2.65. The van der Waals surface area contributed by atoms with Crippen LogP contribution in [0.25, 0.3) is 0 Å². The van der Waals surface area contributed by atoms with Crippen LogP contribution in [0.4, 0.5) is 0 Å². The molecule has 0 aromatic heterocycles. The molecule has 1 saturated heterocycles. The molecule has 0 saturated carbocycles. The molecule has 0 aliphatic carbocycles. The van der Waals surface area contributed by atoms with Crippen LogP contribution in [0, 0.1) is 17.2 Å². The summed E-state index contributed by atoms with van der Waals surface area (Å²) in [5, 5.41) is 9.01. The van der Waals surface area contributed by atoms with Gasteiger partial charge < -0.3 is 0 Å². The van der Waals surface area contributed by atoms with Crippen molar-refractivity contribution in [2.45, 2.75) is 25.8 Å². The smallest absolute Gasteiger partial charge is 0.141 e. The number of rotatable bonds is 5. The Morgan fingerprint density at radius 3 is 2.71 bits per heavy atom. The summed E-state index contributed by atoms with van der Waals surface area (Å²) >= 11 is 0. The van der Waals surface area contributed by atoms with E-state index in [9.17, 15) is 4.79 Å². The van der Waals surface area contributed by atoms with Crippen LogP contribution in [0.5, 0.6) is 0 Å². The second-order valence-corrected chi connectivity index (χ2v) is 6.52. The minimum absolute atomic E-state index is 0.123. The number of nitrogens with zero attached hydrogens (tertiary/aromatic N) is 2. The van der Waals surface area contributed by atoms with Crippen LogP contribution in [-0.2, 0) is 17.8 Å². The maximum atomic E-state index is 12.6. The molecule has 3 nitrogen and oxygen atoms in total. The number of Topliss-reactive ketones (excluding diaryl/α,β-unsaturated/α-hetero) is 1. The van der Waals surface area contributed by atoms with Crippen LogP contribution >= 0.6 is 0 Å². The first-order chi connectivity index (χ1) is 11.7. The fourth-order valence-corrected chi connectivity index (χ4v) is 3.40. The summed E-state index contributed by atoms with van der Waals surface area (Å²) < 4.78 is 0. The largest absolute Gasteiger partial charge is 0.299 e. The number of benzene rings is 2. The van der Waals surface area contributed by atoms with E-state index in [1.165, 1.54) is 0 Å². The number of nitriles is 1. The van der Waals surface area contributed by atoms with Gasteiger partial charge in [-0.1, -0.05) is 42.5 Å². The van der Waals surface area contributed by atoms with Gasteiger partial charge in [0.05, 0.1) is 11.6 Å². The normalized spacial score (nSPS) is 18.0. The lowest BCUT2D eigenvalue weighted by Gasteiger charge is -2.32. The second-order valence-electron chi connectivity index (χ2n) is 6.52. The molecule has 1 fully saturated rings. The van der Waals surface area contributed by atoms with Gasteiger partial charge in [-0.3, -0.25) is 9.69 Å². The summed E-state index contributed by atoms with van der Waals surface area (Å²) in [6, 6.07) is 19.9. The molecule has 0 N–H and O–H groups in total. The molecule has 122 valence electrons. The average molecular weight is 318 g/mol. The first kappa shape index (κ1) is 16.4. The Bertz CT molecular complexity index is 733. The molecule has 3 heteroatoms. The van der Waals surface area contributed by atoms with Gasteiger partial charge in [-0.2, -0.15) is 5.26 Å². The summed E-state index contributed by atoms with van der Waals surface area (Å²) in [7, 11) is 0. The minimum Gasteiger partial charge on any atom is -0.299 e. The molecule has 0 spiro atoms. The van der Waals surface area contributed by atoms with Crippen molar-refractivity contribution in [1.29, 1.82) is 5.26 Å². The van der Waals surface area contributed by atoms with E-state index >= 15 is 0 Å². The molecule has 0 amide bonds. The maximum Gasteiger partial charge on any atom is 0.141 e. The molecule has 1 aliphatic rings. The van der Waals surface area contributed by atoms with Crippen LogP contribution in [0.3, 0.4) is 0 Å². The number of ketones is 1. The summed E-state index contributed by atoms with van der Waals surface area (Å²) in [4.78, 5) is 14.9. The fraction of sp³-hybridized carbons (Fsp3) is 0.333. The van der Waals surface area contributed by atoms with Crippen molar-refractivity contribution in [2.75, 3.05) is 13.1 Å². The van der Waals surface area contributed by atoms with Crippen LogP contribution in [0.15, 0.2) is 54.6 Å². The third-order valence-corrected chi connectivity index (χ3v) is 4.64. The Kier molecular flexibility index (Phi) is 5.40. The van der Waals surface area contributed by atoms with Gasteiger partial charge in [0, 0.05) is 25.4 Å². The van der Waals surface area contributed by atoms with Crippen molar-refractivity contribution >= 4 is 5.78 Å². The molecular formula is C21H22N2O. The standard InChI is InChI=1S/C21H22N2O/c22-14-18-8-4-9-19(12-18)15-23-11-5-10-20(16-23)21(24)13-17-6-2-1-3-7-17/h1-4,6-9,12,20H,5,10-11,13,15-16H2/t20-/m0/s1. The van der Waals surface area contributed by atoms with Gasteiger partial charge in [0.2, 0.25) is 0 Å². The zero-order valence-electron chi connectivity index (χ0n) is 13.8. The van der Waals surface area contributed by atoms with E-state index in [4.69, 9.17) is 5.26 Å². The molecule has 2 aromatic rings. The lowest BCUT2D eigenvalue weighted by Crippen LogP contribution is -2.38. The number of piperidine rings is 1. The highest BCUT2D eigenvalue weighted by atomic mass is 16.1. The van der Waals surface area contributed by atoms with Crippen molar-refractivity contribution in [3.63, 3.8) is 0 Å². The average Bonchev–Trinajstić information content (AvgIpc) is 2.63. The minimum atomic E-state index is 0.123. The Hall–Kier alpha value is -2.44. The highest BCUT2D eigenvalue weighted by molar-refractivity contribution is 5.83. The van der Waals surface area contributed by atoms with Crippen LogP contribution in [0.1, 0.15) is 29.5 Å². The monoisotopic (exact) mass is 318 g/mol. The third kappa shape index (κ3) is 4.31. The van der Waals surface area contributed by atoms with Gasteiger partial charge >= 0.3 is 0 Å². The quantitative estimate of drug-likeness (QED) is 0.846. The molecule has 1 heterocycles. The molecule has 3 rings (SSSR count). The van der Waals surface area contributed by atoms with Gasteiger partial charge in [-0.15, -0.1) is 0 Å². The molecular weight excluding hydrogens is 296 g/mol. The lowest BCUT2D eigenvalue weighted by atomic mass is 9.90. The SMILES string of the molecule is N#Cc1cccc(CN2CCC[C@H](C(=O)Cc3ccccc3)C2)c1. The maximum absolute atomic E-state index is 12.6. The Morgan fingerprint density at radius 2 is 1.92 bits per heavy atom. The molecule has 2 aromatic carbocycles. The molecule has 0 radical (unpaired) electrons. The Morgan fingerprint density at radius 1 is 1.12 bits per heavy atom. The van der Waals surface area contributed by atoms with Gasteiger partial charge in [0.25, 0.3) is 0 Å². The van der Waals surface area contributed by atoms with E-state index < -0.39 is 0 Å². The van der Waals surface area contributed by atoms with Crippen LogP contribution in [-0.4, -0.2) is 23.8 Å². The van der Waals surface area contributed by atoms with Gasteiger partial charge in [0.15, 0.2) is 0 Å². The van der Waals surface area contributed by atoms with Crippen molar-refractivity contribution < 1.29 is 4.79 Å².